The maximum Gasteiger partial charge on any atom is 0.0677 e. The lowest BCUT2D eigenvalue weighted by atomic mass is 10.1. The van der Waals surface area contributed by atoms with Gasteiger partial charge in [-0.1, -0.05) is 30.7 Å². The van der Waals surface area contributed by atoms with Crippen molar-refractivity contribution in [2.24, 2.45) is 0 Å². The molecule has 0 bridgehead atoms. The van der Waals surface area contributed by atoms with Crippen molar-refractivity contribution in [2.75, 3.05) is 6.54 Å². The predicted molar refractivity (Wildman–Crippen MR) is 74.9 cm³/mol. The summed E-state index contributed by atoms with van der Waals surface area (Å²) in [6.45, 7) is 6.64. The average Bonchev–Trinajstić information content (AvgIpc) is 2.77. The first-order valence-electron chi connectivity index (χ1n) is 6.17. The number of hydrogen-bond donors (Lipinski definition) is 1. The summed E-state index contributed by atoms with van der Waals surface area (Å²) in [6, 6.07) is 8.17. The van der Waals surface area contributed by atoms with Gasteiger partial charge in [0.1, 0.15) is 0 Å². The molecule has 96 valence electrons. The van der Waals surface area contributed by atoms with Gasteiger partial charge in [0.25, 0.3) is 0 Å². The number of benzene rings is 1. The number of hydrogen-bond acceptors (Lipinski definition) is 2. The summed E-state index contributed by atoms with van der Waals surface area (Å²) in [5.74, 6) is 0. The number of halogens is 1. The normalized spacial score (nSPS) is 10.8. The molecule has 2 rings (SSSR count). The van der Waals surface area contributed by atoms with E-state index in [1.807, 2.05) is 29.9 Å². The summed E-state index contributed by atoms with van der Waals surface area (Å²) < 4.78 is 1.99. The lowest BCUT2D eigenvalue weighted by Gasteiger charge is -2.10. The van der Waals surface area contributed by atoms with Gasteiger partial charge in [-0.3, -0.25) is 4.68 Å². The molecule has 18 heavy (non-hydrogen) atoms. The highest BCUT2D eigenvalue weighted by atomic mass is 35.5. The van der Waals surface area contributed by atoms with Crippen molar-refractivity contribution in [2.45, 2.75) is 26.9 Å². The van der Waals surface area contributed by atoms with E-state index in [4.69, 9.17) is 11.6 Å². The summed E-state index contributed by atoms with van der Waals surface area (Å²) >= 11 is 6.25. The van der Waals surface area contributed by atoms with Gasteiger partial charge in [0.2, 0.25) is 0 Å². The molecule has 3 nitrogen and oxygen atoms in total. The van der Waals surface area contributed by atoms with E-state index in [2.05, 4.69) is 29.5 Å². The van der Waals surface area contributed by atoms with Gasteiger partial charge in [-0.25, -0.2) is 0 Å². The van der Waals surface area contributed by atoms with E-state index in [-0.39, 0.29) is 0 Å². The maximum atomic E-state index is 6.25. The molecule has 0 unspecified atom stereocenters. The van der Waals surface area contributed by atoms with Crippen molar-refractivity contribution in [3.8, 4) is 0 Å². The van der Waals surface area contributed by atoms with Gasteiger partial charge in [-0.2, -0.15) is 5.10 Å². The Morgan fingerprint density at radius 1 is 1.33 bits per heavy atom. The van der Waals surface area contributed by atoms with Crippen LogP contribution in [0.2, 0.25) is 5.02 Å². The van der Waals surface area contributed by atoms with Crippen molar-refractivity contribution in [3.63, 3.8) is 0 Å². The summed E-state index contributed by atoms with van der Waals surface area (Å²) in [4.78, 5) is 0. The fourth-order valence-electron chi connectivity index (χ4n) is 1.85. The van der Waals surface area contributed by atoms with E-state index in [0.717, 1.165) is 23.7 Å². The molecule has 0 fully saturated rings. The highest BCUT2D eigenvalue weighted by molar-refractivity contribution is 6.31. The van der Waals surface area contributed by atoms with Crippen LogP contribution < -0.4 is 5.32 Å². The Morgan fingerprint density at radius 2 is 2.17 bits per heavy atom. The first kappa shape index (κ1) is 13.1. The van der Waals surface area contributed by atoms with Crippen LogP contribution in [0.3, 0.4) is 0 Å². The summed E-state index contributed by atoms with van der Waals surface area (Å²) in [6.07, 6.45) is 1.83. The monoisotopic (exact) mass is 263 g/mol. The van der Waals surface area contributed by atoms with Crippen LogP contribution in [0.1, 0.15) is 23.7 Å². The highest BCUT2D eigenvalue weighted by Crippen LogP contribution is 2.19. The second kappa shape index (κ2) is 6.03. The topological polar surface area (TPSA) is 29.9 Å². The third-order valence-electron chi connectivity index (χ3n) is 2.89. The SMILES string of the molecule is CCNCc1ccnn1Cc1ccc(C)cc1Cl. The Hall–Kier alpha value is -1.32. The van der Waals surface area contributed by atoms with Gasteiger partial charge in [0.05, 0.1) is 12.2 Å². The Labute approximate surface area is 113 Å². The van der Waals surface area contributed by atoms with Crippen LogP contribution in [-0.4, -0.2) is 16.3 Å². The fraction of sp³-hybridized carbons (Fsp3) is 0.357. The number of nitrogens with zero attached hydrogens (tertiary/aromatic N) is 2. The van der Waals surface area contributed by atoms with Crippen molar-refractivity contribution >= 4 is 11.6 Å². The Balaban J connectivity index is 2.15. The van der Waals surface area contributed by atoms with Crippen LogP contribution in [0.4, 0.5) is 0 Å². The molecule has 1 aromatic carbocycles. The minimum absolute atomic E-state index is 0.715. The Kier molecular flexibility index (Phi) is 4.39. The zero-order valence-electron chi connectivity index (χ0n) is 10.8. The van der Waals surface area contributed by atoms with E-state index in [1.165, 1.54) is 11.3 Å². The lowest BCUT2D eigenvalue weighted by molar-refractivity contribution is 0.606. The minimum Gasteiger partial charge on any atom is -0.311 e. The molecule has 0 aliphatic carbocycles. The molecule has 0 radical (unpaired) electrons. The van der Waals surface area contributed by atoms with Gasteiger partial charge in [-0.05, 0) is 36.7 Å². The van der Waals surface area contributed by atoms with Crippen molar-refractivity contribution in [3.05, 3.63) is 52.3 Å². The molecule has 0 spiro atoms. The summed E-state index contributed by atoms with van der Waals surface area (Å²) in [5, 5.41) is 8.46. The van der Waals surface area contributed by atoms with Crippen molar-refractivity contribution in [1.29, 1.82) is 0 Å². The summed E-state index contributed by atoms with van der Waals surface area (Å²) in [5.41, 5.74) is 3.45. The van der Waals surface area contributed by atoms with E-state index in [9.17, 15) is 0 Å². The van der Waals surface area contributed by atoms with E-state index in [0.29, 0.717) is 6.54 Å². The predicted octanol–water partition coefficient (Wildman–Crippen LogP) is 3.00. The highest BCUT2D eigenvalue weighted by Gasteiger charge is 2.06. The molecule has 1 N–H and O–H groups in total. The lowest BCUT2D eigenvalue weighted by Crippen LogP contribution is -2.16. The van der Waals surface area contributed by atoms with Crippen molar-refractivity contribution < 1.29 is 0 Å². The van der Waals surface area contributed by atoms with Gasteiger partial charge < -0.3 is 5.32 Å². The maximum absolute atomic E-state index is 6.25. The van der Waals surface area contributed by atoms with Gasteiger partial charge in [0, 0.05) is 17.8 Å². The molecular formula is C14H18ClN3. The molecular weight excluding hydrogens is 246 g/mol. The molecule has 0 amide bonds. The number of aromatic nitrogens is 2. The first-order valence-corrected chi connectivity index (χ1v) is 6.55. The van der Waals surface area contributed by atoms with Crippen molar-refractivity contribution in [1.82, 2.24) is 15.1 Å². The largest absolute Gasteiger partial charge is 0.311 e. The molecule has 1 aromatic heterocycles. The second-order valence-electron chi connectivity index (χ2n) is 4.36. The molecule has 0 saturated heterocycles. The van der Waals surface area contributed by atoms with Crippen LogP contribution in [0.5, 0.6) is 0 Å². The smallest absolute Gasteiger partial charge is 0.0677 e. The zero-order chi connectivity index (χ0) is 13.0. The first-order chi connectivity index (χ1) is 8.70. The molecule has 0 aliphatic rings. The molecule has 4 heteroatoms. The molecule has 0 atom stereocenters. The number of aryl methyl sites for hydroxylation is 1. The molecule has 0 aliphatic heterocycles. The minimum atomic E-state index is 0.715. The van der Waals surface area contributed by atoms with Crippen LogP contribution in [0.15, 0.2) is 30.5 Å². The van der Waals surface area contributed by atoms with Crippen LogP contribution in [0.25, 0.3) is 0 Å². The van der Waals surface area contributed by atoms with E-state index >= 15 is 0 Å². The second-order valence-corrected chi connectivity index (χ2v) is 4.76. The number of rotatable bonds is 5. The standard InChI is InChI=1S/C14H18ClN3/c1-3-16-9-13-6-7-17-18(13)10-12-5-4-11(2)8-14(12)15/h4-8,16H,3,9-10H2,1-2H3. The third kappa shape index (κ3) is 3.12. The Morgan fingerprint density at radius 3 is 2.89 bits per heavy atom. The fourth-order valence-corrected chi connectivity index (χ4v) is 2.14. The van der Waals surface area contributed by atoms with E-state index in [1.54, 1.807) is 0 Å². The van der Waals surface area contributed by atoms with Crippen LogP contribution in [-0.2, 0) is 13.1 Å². The third-order valence-corrected chi connectivity index (χ3v) is 3.24. The molecule has 2 aromatic rings. The van der Waals surface area contributed by atoms with Crippen LogP contribution in [0, 0.1) is 6.92 Å². The van der Waals surface area contributed by atoms with Gasteiger partial charge in [0.15, 0.2) is 0 Å². The molecule has 1 heterocycles. The van der Waals surface area contributed by atoms with Gasteiger partial charge in [-0.15, -0.1) is 0 Å². The summed E-state index contributed by atoms with van der Waals surface area (Å²) in [7, 11) is 0. The number of nitrogens with one attached hydrogen (secondary N) is 1. The zero-order valence-corrected chi connectivity index (χ0v) is 11.5. The quantitative estimate of drug-likeness (QED) is 0.899. The Bertz CT molecular complexity index is 520. The van der Waals surface area contributed by atoms with E-state index < -0.39 is 0 Å². The van der Waals surface area contributed by atoms with Crippen LogP contribution >= 0.6 is 11.6 Å². The van der Waals surface area contributed by atoms with Gasteiger partial charge >= 0.3 is 0 Å². The average molecular weight is 264 g/mol. The molecule has 0 saturated carbocycles.